The van der Waals surface area contributed by atoms with Gasteiger partial charge in [0.05, 0.1) is 40.9 Å². The normalized spacial score (nSPS) is 19.6. The van der Waals surface area contributed by atoms with Gasteiger partial charge in [0.15, 0.2) is 0 Å². The summed E-state index contributed by atoms with van der Waals surface area (Å²) in [6.45, 7) is 0.184. The van der Waals surface area contributed by atoms with Crippen molar-refractivity contribution in [2.45, 2.75) is 56.8 Å². The third-order valence-corrected chi connectivity index (χ3v) is 11.9. The lowest BCUT2D eigenvalue weighted by molar-refractivity contribution is -0.137. The summed E-state index contributed by atoms with van der Waals surface area (Å²) < 4.78 is 97.6. The first kappa shape index (κ1) is 42.0. The van der Waals surface area contributed by atoms with Crippen molar-refractivity contribution in [3.63, 3.8) is 0 Å². The number of rotatable bonds is 12. The molecule has 7 rings (SSSR count). The van der Waals surface area contributed by atoms with Gasteiger partial charge < -0.3 is 20.9 Å². The number of pyridine rings is 1. The van der Waals surface area contributed by atoms with Crippen LogP contribution < -0.4 is 30.5 Å². The van der Waals surface area contributed by atoms with E-state index in [0.29, 0.717) is 36.1 Å². The molecule has 3 aliphatic rings. The molecular formula is C40H39F5N8O6S. The number of nitrogens with zero attached hydrogens (tertiary/aromatic N) is 4. The zero-order chi connectivity index (χ0) is 43.1. The van der Waals surface area contributed by atoms with E-state index >= 15 is 8.78 Å². The number of piperidine rings is 2. The molecule has 0 saturated carbocycles. The molecule has 3 aromatic carbocycles. The Morgan fingerprint density at radius 2 is 1.72 bits per heavy atom. The minimum Gasteiger partial charge on any atom is -0.380 e. The Kier molecular flexibility index (Phi) is 11.5. The molecule has 2 saturated heterocycles. The number of amides is 4. The molecule has 1 aromatic heterocycles. The predicted octanol–water partition coefficient (Wildman–Crippen LogP) is 5.10. The van der Waals surface area contributed by atoms with Gasteiger partial charge in [-0.1, -0.05) is 18.2 Å². The molecule has 14 nitrogen and oxygen atoms in total. The SMILES string of the molecule is CN(c1cccc(CNc2cc(Nc3ccc(CN[C@@H]4CCN(c5ccc6c(c5)C(=O)N(C5CCC(=O)NC5=O)C6=O)C[C@@H]4F)c(F)c3)ncc2C(F)(F)F)c1)S(C)(=O)=O. The minimum atomic E-state index is -4.75. The van der Waals surface area contributed by atoms with Crippen LogP contribution in [-0.2, 0) is 38.9 Å². The van der Waals surface area contributed by atoms with E-state index in [1.54, 1.807) is 29.2 Å². The third-order valence-electron chi connectivity index (χ3n) is 10.7. The number of alkyl halides is 4. The maximum absolute atomic E-state index is 15.5. The number of nitrogens with one attached hydrogen (secondary N) is 4. The van der Waals surface area contributed by atoms with Crippen LogP contribution >= 0.6 is 0 Å². The van der Waals surface area contributed by atoms with Crippen LogP contribution in [0.3, 0.4) is 0 Å². The van der Waals surface area contributed by atoms with Gasteiger partial charge in [0, 0.05) is 68.3 Å². The predicted molar refractivity (Wildman–Crippen MR) is 211 cm³/mol. The average Bonchev–Trinajstić information content (AvgIpc) is 3.44. The smallest absolute Gasteiger partial charge is 0.380 e. The fourth-order valence-corrected chi connectivity index (χ4v) is 7.83. The van der Waals surface area contributed by atoms with Crippen LogP contribution in [0.4, 0.5) is 50.5 Å². The molecule has 4 heterocycles. The Balaban J connectivity index is 0.953. The van der Waals surface area contributed by atoms with Gasteiger partial charge in [0.2, 0.25) is 21.8 Å². The van der Waals surface area contributed by atoms with Gasteiger partial charge in [-0.05, 0) is 60.9 Å². The Bertz CT molecular complexity index is 2490. The van der Waals surface area contributed by atoms with Crippen LogP contribution in [0, 0.1) is 5.82 Å². The molecule has 3 aliphatic heterocycles. The van der Waals surface area contributed by atoms with Crippen LogP contribution in [0.2, 0.25) is 0 Å². The van der Waals surface area contributed by atoms with E-state index in [0.717, 1.165) is 27.6 Å². The van der Waals surface area contributed by atoms with Gasteiger partial charge in [0.25, 0.3) is 11.8 Å². The molecule has 2 fully saturated rings. The molecule has 0 bridgehead atoms. The van der Waals surface area contributed by atoms with Crippen LogP contribution in [-0.4, -0.2) is 86.6 Å². The summed E-state index contributed by atoms with van der Waals surface area (Å²) in [4.78, 5) is 56.8. The molecule has 60 heavy (non-hydrogen) atoms. The summed E-state index contributed by atoms with van der Waals surface area (Å²) in [6.07, 6.45) is -4.16. The summed E-state index contributed by atoms with van der Waals surface area (Å²) in [5, 5.41) is 10.8. The van der Waals surface area contributed by atoms with Crippen LogP contribution in [0.25, 0.3) is 0 Å². The molecular weight excluding hydrogens is 816 g/mol. The Morgan fingerprint density at radius 3 is 2.42 bits per heavy atom. The number of benzene rings is 3. The minimum absolute atomic E-state index is 0.00920. The number of fused-ring (bicyclic) bond motifs is 1. The number of sulfonamides is 1. The number of halogens is 5. The first-order chi connectivity index (χ1) is 28.4. The highest BCUT2D eigenvalue weighted by atomic mass is 32.2. The quantitative estimate of drug-likeness (QED) is 0.110. The summed E-state index contributed by atoms with van der Waals surface area (Å²) >= 11 is 0. The molecule has 3 atom stereocenters. The highest BCUT2D eigenvalue weighted by Crippen LogP contribution is 2.37. The third kappa shape index (κ3) is 8.88. The summed E-state index contributed by atoms with van der Waals surface area (Å²) in [5.74, 6) is -3.19. The van der Waals surface area contributed by atoms with Crippen molar-refractivity contribution in [1.82, 2.24) is 20.5 Å². The lowest BCUT2D eigenvalue weighted by atomic mass is 10.0. The number of anilines is 5. The largest absolute Gasteiger partial charge is 0.419 e. The number of aromatic nitrogens is 1. The van der Waals surface area contributed by atoms with Crippen molar-refractivity contribution < 1.29 is 49.5 Å². The maximum Gasteiger partial charge on any atom is 0.419 e. The summed E-state index contributed by atoms with van der Waals surface area (Å²) in [7, 11) is -2.21. The fourth-order valence-electron chi connectivity index (χ4n) is 7.33. The standard InChI is InChI=1S/C40H39F5N8O6S/c1-51(60(2,58)59)25-5-3-4-22(14-25)18-46-33-17-35(48-20-29(33)40(43,44)45)49-24-7-6-23(30(41)15-24)19-47-32-12-13-52(21-31(32)42)26-8-9-27-28(16-26)39(57)53(38(27)56)34-10-11-36(54)50-37(34)55/h3-9,14-17,20,31-32,34,47H,10-13,18-19,21H2,1-2H3,(H2,46,48,49)(H,50,54,55)/t31-,32+,34?/m0/s1. The molecule has 4 aromatic rings. The molecule has 0 aliphatic carbocycles. The molecule has 20 heteroatoms. The Morgan fingerprint density at radius 1 is 0.950 bits per heavy atom. The van der Waals surface area contributed by atoms with E-state index in [-0.39, 0.29) is 66.4 Å². The zero-order valence-corrected chi connectivity index (χ0v) is 33.0. The summed E-state index contributed by atoms with van der Waals surface area (Å²) in [6, 6.07) is 14.3. The van der Waals surface area contributed by atoms with Crippen molar-refractivity contribution in [1.29, 1.82) is 0 Å². The van der Waals surface area contributed by atoms with Crippen molar-refractivity contribution in [3.8, 4) is 0 Å². The topological polar surface area (TPSA) is 173 Å². The van der Waals surface area contributed by atoms with Gasteiger partial charge >= 0.3 is 6.18 Å². The van der Waals surface area contributed by atoms with Gasteiger partial charge in [0.1, 0.15) is 23.8 Å². The number of carbonyl (C=O) groups is 4. The average molecular weight is 855 g/mol. The second kappa shape index (κ2) is 16.5. The second-order valence-electron chi connectivity index (χ2n) is 14.7. The van der Waals surface area contributed by atoms with E-state index < -0.39 is 69.5 Å². The van der Waals surface area contributed by atoms with E-state index in [4.69, 9.17) is 0 Å². The lowest BCUT2D eigenvalue weighted by Crippen LogP contribution is -2.54. The number of carbonyl (C=O) groups excluding carboxylic acids is 4. The monoisotopic (exact) mass is 854 g/mol. The molecule has 316 valence electrons. The van der Waals surface area contributed by atoms with Crippen LogP contribution in [0.1, 0.15) is 56.7 Å². The zero-order valence-electron chi connectivity index (χ0n) is 32.1. The van der Waals surface area contributed by atoms with Crippen LogP contribution in [0.15, 0.2) is 72.9 Å². The van der Waals surface area contributed by atoms with E-state index in [1.165, 1.54) is 37.4 Å². The van der Waals surface area contributed by atoms with Gasteiger partial charge in [-0.15, -0.1) is 0 Å². The number of hydrogen-bond donors (Lipinski definition) is 4. The molecule has 0 radical (unpaired) electrons. The second-order valence-corrected chi connectivity index (χ2v) is 16.7. The maximum atomic E-state index is 15.5. The summed E-state index contributed by atoms with van der Waals surface area (Å²) in [5.41, 5.74) is 0.583. The molecule has 1 unspecified atom stereocenters. The van der Waals surface area contributed by atoms with Crippen molar-refractivity contribution in [3.05, 3.63) is 107 Å². The highest BCUT2D eigenvalue weighted by molar-refractivity contribution is 7.92. The van der Waals surface area contributed by atoms with Gasteiger partial charge in [-0.3, -0.25) is 33.7 Å². The van der Waals surface area contributed by atoms with Crippen molar-refractivity contribution >= 4 is 62.2 Å². The van der Waals surface area contributed by atoms with E-state index in [1.807, 2.05) is 0 Å². The van der Waals surface area contributed by atoms with Gasteiger partial charge in [-0.25, -0.2) is 22.2 Å². The number of hydrogen-bond acceptors (Lipinski definition) is 11. The van der Waals surface area contributed by atoms with E-state index in [9.17, 15) is 40.8 Å². The van der Waals surface area contributed by atoms with Crippen molar-refractivity contribution in [2.24, 2.45) is 0 Å². The van der Waals surface area contributed by atoms with Crippen molar-refractivity contribution in [2.75, 3.05) is 46.2 Å². The first-order valence-electron chi connectivity index (χ1n) is 18.7. The first-order valence-corrected chi connectivity index (χ1v) is 20.6. The van der Waals surface area contributed by atoms with E-state index in [2.05, 4.69) is 26.3 Å². The Labute approximate surface area is 341 Å². The lowest BCUT2D eigenvalue weighted by Gasteiger charge is -2.36. The molecule has 4 amide bonds. The Hall–Kier alpha value is -6.15. The fraction of sp³-hybridized carbons (Fsp3) is 0.325. The van der Waals surface area contributed by atoms with Crippen LogP contribution in [0.5, 0.6) is 0 Å². The molecule has 4 N–H and O–H groups in total. The molecule has 0 spiro atoms. The van der Waals surface area contributed by atoms with Gasteiger partial charge in [-0.2, -0.15) is 13.2 Å². The number of imide groups is 2. The highest BCUT2D eigenvalue weighted by Gasteiger charge is 2.45.